The lowest BCUT2D eigenvalue weighted by Crippen LogP contribution is -2.38. The van der Waals surface area contributed by atoms with Crippen LogP contribution < -0.4 is 10.6 Å². The molecule has 2 heterocycles. The predicted octanol–water partition coefficient (Wildman–Crippen LogP) is 3.70. The molecule has 0 aromatic carbocycles. The van der Waals surface area contributed by atoms with Gasteiger partial charge in [-0.15, -0.1) is 24.0 Å². The normalized spacial score (nSPS) is 10.9. The molecule has 5 nitrogen and oxygen atoms in total. The zero-order chi connectivity index (χ0) is 16.5. The molecule has 0 fully saturated rings. The summed E-state index contributed by atoms with van der Waals surface area (Å²) < 4.78 is 0. The van der Waals surface area contributed by atoms with Gasteiger partial charge in [0.2, 0.25) is 0 Å². The molecule has 0 atom stereocenters. The molecule has 0 aliphatic heterocycles. The first-order valence-electron chi connectivity index (χ1n) is 7.40. The Morgan fingerprint density at radius 1 is 1.00 bits per heavy atom. The van der Waals surface area contributed by atoms with Crippen molar-refractivity contribution < 1.29 is 0 Å². The second-order valence-electron chi connectivity index (χ2n) is 4.85. The van der Waals surface area contributed by atoms with Crippen molar-refractivity contribution in [1.82, 2.24) is 20.6 Å². The molecular formula is C16H20Cl2IN5. The van der Waals surface area contributed by atoms with E-state index in [4.69, 9.17) is 23.2 Å². The third-order valence-electron chi connectivity index (χ3n) is 3.05. The van der Waals surface area contributed by atoms with E-state index in [9.17, 15) is 0 Å². The van der Waals surface area contributed by atoms with Gasteiger partial charge in [-0.3, -0.25) is 0 Å². The van der Waals surface area contributed by atoms with Crippen molar-refractivity contribution in [2.45, 2.75) is 19.9 Å². The Morgan fingerprint density at radius 3 is 2.17 bits per heavy atom. The lowest BCUT2D eigenvalue weighted by atomic mass is 10.2. The Balaban J connectivity index is 0.00000288. The van der Waals surface area contributed by atoms with Gasteiger partial charge in [-0.1, -0.05) is 35.3 Å². The number of guanidine groups is 1. The van der Waals surface area contributed by atoms with E-state index in [0.29, 0.717) is 16.9 Å². The van der Waals surface area contributed by atoms with E-state index in [-0.39, 0.29) is 24.0 Å². The summed E-state index contributed by atoms with van der Waals surface area (Å²) in [6, 6.07) is 7.45. The van der Waals surface area contributed by atoms with E-state index >= 15 is 0 Å². The molecular weight excluding hydrogens is 460 g/mol. The van der Waals surface area contributed by atoms with Crippen LogP contribution in [0.3, 0.4) is 0 Å². The number of hydrogen-bond donors (Lipinski definition) is 2. The molecule has 24 heavy (non-hydrogen) atoms. The molecule has 130 valence electrons. The number of pyridine rings is 2. The van der Waals surface area contributed by atoms with E-state index in [1.54, 1.807) is 24.5 Å². The number of nitrogens with one attached hydrogen (secondary N) is 2. The number of aliphatic imine (C=N–C) groups is 1. The van der Waals surface area contributed by atoms with Crippen molar-refractivity contribution in [2.75, 3.05) is 13.1 Å². The largest absolute Gasteiger partial charge is 0.357 e. The number of rotatable bonds is 6. The van der Waals surface area contributed by atoms with Gasteiger partial charge in [-0.25, -0.2) is 15.0 Å². The van der Waals surface area contributed by atoms with Crippen LogP contribution in [0.1, 0.15) is 18.1 Å². The Hall–Kier alpha value is -1.12. The molecule has 0 saturated heterocycles. The van der Waals surface area contributed by atoms with Crippen molar-refractivity contribution in [3.05, 3.63) is 58.1 Å². The Labute approximate surface area is 169 Å². The van der Waals surface area contributed by atoms with Gasteiger partial charge >= 0.3 is 0 Å². The molecule has 2 aromatic rings. The summed E-state index contributed by atoms with van der Waals surface area (Å²) in [6.07, 6.45) is 4.36. The van der Waals surface area contributed by atoms with Crippen LogP contribution in [0.15, 0.2) is 41.7 Å². The highest BCUT2D eigenvalue weighted by molar-refractivity contribution is 14.0. The van der Waals surface area contributed by atoms with E-state index < -0.39 is 0 Å². The summed E-state index contributed by atoms with van der Waals surface area (Å²) in [7, 11) is 0. The van der Waals surface area contributed by atoms with Gasteiger partial charge in [0.05, 0.1) is 6.54 Å². The Kier molecular flexibility index (Phi) is 9.97. The van der Waals surface area contributed by atoms with Crippen molar-refractivity contribution >= 4 is 53.1 Å². The van der Waals surface area contributed by atoms with Gasteiger partial charge < -0.3 is 10.6 Å². The summed E-state index contributed by atoms with van der Waals surface area (Å²) in [5.41, 5.74) is 2.13. The molecule has 2 rings (SSSR count). The first-order valence-corrected chi connectivity index (χ1v) is 8.16. The third kappa shape index (κ3) is 7.63. The minimum absolute atomic E-state index is 0. The average Bonchev–Trinajstić information content (AvgIpc) is 2.56. The van der Waals surface area contributed by atoms with Crippen LogP contribution in [0.25, 0.3) is 0 Å². The quantitative estimate of drug-likeness (QED) is 0.287. The minimum Gasteiger partial charge on any atom is -0.357 e. The second kappa shape index (κ2) is 11.4. The predicted molar refractivity (Wildman–Crippen MR) is 110 cm³/mol. The highest BCUT2D eigenvalue weighted by Gasteiger charge is 1.99. The van der Waals surface area contributed by atoms with Gasteiger partial charge in [0.25, 0.3) is 0 Å². The van der Waals surface area contributed by atoms with Gasteiger partial charge in [0.15, 0.2) is 5.96 Å². The van der Waals surface area contributed by atoms with Crippen LogP contribution in [0.5, 0.6) is 0 Å². The topological polar surface area (TPSA) is 62.2 Å². The number of halogens is 3. The van der Waals surface area contributed by atoms with Crippen molar-refractivity contribution in [3.8, 4) is 0 Å². The molecule has 8 heteroatoms. The van der Waals surface area contributed by atoms with Crippen LogP contribution in [-0.2, 0) is 13.0 Å². The number of nitrogens with zero attached hydrogens (tertiary/aromatic N) is 3. The average molecular weight is 480 g/mol. The maximum Gasteiger partial charge on any atom is 0.191 e. The summed E-state index contributed by atoms with van der Waals surface area (Å²) >= 11 is 11.6. The summed E-state index contributed by atoms with van der Waals surface area (Å²) in [5, 5.41) is 7.51. The summed E-state index contributed by atoms with van der Waals surface area (Å²) in [5.74, 6) is 0.768. The van der Waals surface area contributed by atoms with Gasteiger partial charge in [0.1, 0.15) is 10.3 Å². The highest BCUT2D eigenvalue weighted by Crippen LogP contribution is 2.06. The molecule has 0 aliphatic carbocycles. The first-order chi connectivity index (χ1) is 11.2. The molecule has 0 aliphatic rings. The molecule has 0 unspecified atom stereocenters. The molecule has 0 radical (unpaired) electrons. The van der Waals surface area contributed by atoms with Crippen molar-refractivity contribution in [1.29, 1.82) is 0 Å². The SMILES string of the molecule is CCNC(=NCc1ccc(Cl)nc1)NCCc1ccc(Cl)nc1.I. The minimum atomic E-state index is 0. The maximum atomic E-state index is 5.78. The molecule has 0 bridgehead atoms. The van der Waals surface area contributed by atoms with E-state index in [0.717, 1.165) is 36.6 Å². The Morgan fingerprint density at radius 2 is 1.62 bits per heavy atom. The fraction of sp³-hybridized carbons (Fsp3) is 0.312. The van der Waals surface area contributed by atoms with Gasteiger partial charge in [0, 0.05) is 25.5 Å². The molecule has 2 N–H and O–H groups in total. The fourth-order valence-electron chi connectivity index (χ4n) is 1.89. The summed E-state index contributed by atoms with van der Waals surface area (Å²) in [6.45, 7) is 4.13. The fourth-order valence-corrected chi connectivity index (χ4v) is 2.12. The van der Waals surface area contributed by atoms with Crippen molar-refractivity contribution in [2.24, 2.45) is 4.99 Å². The highest BCUT2D eigenvalue weighted by atomic mass is 127. The first kappa shape index (κ1) is 20.9. The number of hydrogen-bond acceptors (Lipinski definition) is 3. The van der Waals surface area contributed by atoms with Gasteiger partial charge in [-0.2, -0.15) is 0 Å². The van der Waals surface area contributed by atoms with E-state index in [2.05, 4.69) is 25.6 Å². The van der Waals surface area contributed by atoms with Crippen LogP contribution in [0.2, 0.25) is 10.3 Å². The smallest absolute Gasteiger partial charge is 0.191 e. The lowest BCUT2D eigenvalue weighted by Gasteiger charge is -2.11. The van der Waals surface area contributed by atoms with Crippen LogP contribution in [0.4, 0.5) is 0 Å². The van der Waals surface area contributed by atoms with Crippen LogP contribution in [0, 0.1) is 0 Å². The maximum absolute atomic E-state index is 5.78. The third-order valence-corrected chi connectivity index (χ3v) is 3.49. The Bertz CT molecular complexity index is 632. The molecule has 0 spiro atoms. The van der Waals surface area contributed by atoms with Crippen LogP contribution in [-0.4, -0.2) is 29.0 Å². The van der Waals surface area contributed by atoms with Gasteiger partial charge in [-0.05, 0) is 36.6 Å². The number of aromatic nitrogens is 2. The van der Waals surface area contributed by atoms with Crippen molar-refractivity contribution in [3.63, 3.8) is 0 Å². The standard InChI is InChI=1S/C16H19Cl2N5.HI/c1-2-19-16(23-11-13-4-6-15(18)22-10-13)20-8-7-12-3-5-14(17)21-9-12;/h3-6,9-10H,2,7-8,11H2,1H3,(H2,19,20,23);1H. The molecule has 0 saturated carbocycles. The van der Waals surface area contributed by atoms with Crippen LogP contribution >= 0.6 is 47.2 Å². The lowest BCUT2D eigenvalue weighted by molar-refractivity contribution is 0.797. The van der Waals surface area contributed by atoms with E-state index in [1.165, 1.54) is 0 Å². The van der Waals surface area contributed by atoms with E-state index in [1.807, 2.05) is 19.1 Å². The second-order valence-corrected chi connectivity index (χ2v) is 5.62. The monoisotopic (exact) mass is 479 g/mol. The summed E-state index contributed by atoms with van der Waals surface area (Å²) in [4.78, 5) is 12.7. The zero-order valence-electron chi connectivity index (χ0n) is 13.3. The zero-order valence-corrected chi connectivity index (χ0v) is 17.1. The molecule has 2 aromatic heterocycles. The molecule has 0 amide bonds.